The average Bonchev–Trinajstić information content (AvgIpc) is 3.32. The number of benzene rings is 7. The Morgan fingerprint density at radius 1 is 0.431 bits per heavy atom. The predicted octanol–water partition coefficient (Wildman–Crippen LogP) is 13.9. The summed E-state index contributed by atoms with van der Waals surface area (Å²) < 4.78 is 0. The number of rotatable bonds is 6. The molecule has 0 saturated heterocycles. The molecule has 1 nitrogen and oxygen atoms in total. The lowest BCUT2D eigenvalue weighted by atomic mass is 9.69. The number of hydrogen-bond donors (Lipinski definition) is 0. The van der Waals surface area contributed by atoms with Crippen LogP contribution in [0.4, 0.5) is 17.1 Å². The molecule has 2 aliphatic rings. The Balaban J connectivity index is 1.16. The monoisotopic (exact) mass is 659 g/mol. The average molecular weight is 660 g/mol. The molecular weight excluding hydrogens is 615 g/mol. The van der Waals surface area contributed by atoms with Gasteiger partial charge in [0.2, 0.25) is 0 Å². The fourth-order valence-electron chi connectivity index (χ4n) is 9.31. The highest BCUT2D eigenvalue weighted by atomic mass is 15.1. The Bertz CT molecular complexity index is 2320. The van der Waals surface area contributed by atoms with E-state index >= 15 is 0 Å². The van der Waals surface area contributed by atoms with Crippen molar-refractivity contribution in [1.82, 2.24) is 0 Å². The highest BCUT2D eigenvalue weighted by Crippen LogP contribution is 2.51. The van der Waals surface area contributed by atoms with Crippen molar-refractivity contribution in [2.75, 3.05) is 4.90 Å². The third-order valence-corrected chi connectivity index (χ3v) is 12.0. The van der Waals surface area contributed by atoms with E-state index < -0.39 is 0 Å². The maximum Gasteiger partial charge on any atom is 0.0465 e. The molecule has 1 fully saturated rings. The second-order valence-electron chi connectivity index (χ2n) is 15.2. The molecule has 0 amide bonds. The lowest BCUT2D eigenvalue weighted by Crippen LogP contribution is -2.27. The number of hydrogen-bond acceptors (Lipinski definition) is 1. The minimum atomic E-state index is -0.0722. The summed E-state index contributed by atoms with van der Waals surface area (Å²) in [6.45, 7) is 4.74. The van der Waals surface area contributed by atoms with Gasteiger partial charge in [-0.15, -0.1) is 0 Å². The molecule has 51 heavy (non-hydrogen) atoms. The van der Waals surface area contributed by atoms with Crippen LogP contribution in [0.25, 0.3) is 33.0 Å². The highest BCUT2D eigenvalue weighted by molar-refractivity contribution is 5.97. The molecule has 0 N–H and O–H groups in total. The number of anilines is 3. The molecule has 0 atom stereocenters. The third kappa shape index (κ3) is 5.38. The van der Waals surface area contributed by atoms with Gasteiger partial charge in [-0.2, -0.15) is 0 Å². The van der Waals surface area contributed by atoms with Crippen LogP contribution in [-0.2, 0) is 10.8 Å². The van der Waals surface area contributed by atoms with E-state index in [1.807, 2.05) is 0 Å². The number of nitrogens with zero attached hydrogens (tertiary/aromatic N) is 1. The molecule has 9 rings (SSSR count). The summed E-state index contributed by atoms with van der Waals surface area (Å²) in [5.41, 5.74) is 14.4. The van der Waals surface area contributed by atoms with E-state index in [9.17, 15) is 0 Å². The van der Waals surface area contributed by atoms with Gasteiger partial charge >= 0.3 is 0 Å². The molecule has 0 unspecified atom stereocenters. The fraction of sp³-hybridized carbons (Fsp3) is 0.200. The van der Waals surface area contributed by atoms with Gasteiger partial charge in [0.15, 0.2) is 0 Å². The Kier molecular flexibility index (Phi) is 7.88. The zero-order valence-electron chi connectivity index (χ0n) is 29.8. The summed E-state index contributed by atoms with van der Waals surface area (Å²) in [6.07, 6.45) is 7.62. The molecule has 0 radical (unpaired) electrons. The van der Waals surface area contributed by atoms with Crippen LogP contribution in [0.5, 0.6) is 0 Å². The molecule has 1 saturated carbocycles. The van der Waals surface area contributed by atoms with E-state index in [1.54, 1.807) is 0 Å². The highest BCUT2D eigenvalue weighted by Gasteiger charge is 2.37. The van der Waals surface area contributed by atoms with Crippen LogP contribution >= 0.6 is 0 Å². The Labute approximate surface area is 303 Å². The standard InChI is InChI=1S/C50H45N/c1-49(2)47-22-11-10-20-45(47)46-32-31-42(35-48(46)49)51(40-27-23-37(24-28-40)44-21-14-16-36-15-8-9-19-43(36)44)41-29-25-39(26-30-41)50(33-12-3-4-13-34-50)38-17-6-5-7-18-38/h5-11,14-32,35H,3-4,12-13,33-34H2,1-2H3. The molecule has 0 spiro atoms. The van der Waals surface area contributed by atoms with Gasteiger partial charge < -0.3 is 4.90 Å². The molecule has 2 aliphatic carbocycles. The second-order valence-corrected chi connectivity index (χ2v) is 15.2. The summed E-state index contributed by atoms with van der Waals surface area (Å²) in [7, 11) is 0. The summed E-state index contributed by atoms with van der Waals surface area (Å²) in [4.78, 5) is 2.46. The van der Waals surface area contributed by atoms with Gasteiger partial charge in [0.1, 0.15) is 0 Å². The zero-order chi connectivity index (χ0) is 34.4. The first kappa shape index (κ1) is 31.6. The molecule has 0 aliphatic heterocycles. The molecular formula is C50H45N. The summed E-state index contributed by atoms with van der Waals surface area (Å²) >= 11 is 0. The Morgan fingerprint density at radius 2 is 1.00 bits per heavy atom. The van der Waals surface area contributed by atoms with E-state index in [-0.39, 0.29) is 10.8 Å². The van der Waals surface area contributed by atoms with E-state index in [0.717, 1.165) is 5.69 Å². The third-order valence-electron chi connectivity index (χ3n) is 12.0. The topological polar surface area (TPSA) is 3.24 Å². The van der Waals surface area contributed by atoms with Crippen LogP contribution in [0.1, 0.15) is 74.6 Å². The second kappa shape index (κ2) is 12.7. The molecule has 250 valence electrons. The van der Waals surface area contributed by atoms with Crippen molar-refractivity contribution in [3.05, 3.63) is 186 Å². The molecule has 0 bridgehead atoms. The summed E-state index contributed by atoms with van der Waals surface area (Å²) in [6, 6.07) is 61.4. The predicted molar refractivity (Wildman–Crippen MR) is 217 cm³/mol. The van der Waals surface area contributed by atoms with Gasteiger partial charge in [0.25, 0.3) is 0 Å². The normalized spacial score (nSPS) is 15.9. The molecule has 7 aromatic rings. The maximum absolute atomic E-state index is 2.46. The first-order valence-corrected chi connectivity index (χ1v) is 18.8. The van der Waals surface area contributed by atoms with E-state index in [2.05, 4.69) is 183 Å². The summed E-state index contributed by atoms with van der Waals surface area (Å²) in [5.74, 6) is 0. The van der Waals surface area contributed by atoms with Crippen LogP contribution in [0.2, 0.25) is 0 Å². The fourth-order valence-corrected chi connectivity index (χ4v) is 9.31. The van der Waals surface area contributed by atoms with Gasteiger partial charge in [-0.3, -0.25) is 0 Å². The zero-order valence-corrected chi connectivity index (χ0v) is 29.8. The Morgan fingerprint density at radius 3 is 1.76 bits per heavy atom. The molecule has 7 aromatic carbocycles. The molecule has 0 aromatic heterocycles. The van der Waals surface area contributed by atoms with Crippen molar-refractivity contribution in [3.8, 4) is 22.3 Å². The molecule has 0 heterocycles. The lowest BCUT2D eigenvalue weighted by molar-refractivity contribution is 0.446. The quantitative estimate of drug-likeness (QED) is 0.161. The van der Waals surface area contributed by atoms with Crippen molar-refractivity contribution in [3.63, 3.8) is 0 Å². The van der Waals surface area contributed by atoms with Crippen molar-refractivity contribution in [2.24, 2.45) is 0 Å². The van der Waals surface area contributed by atoms with Gasteiger partial charge in [0.05, 0.1) is 0 Å². The van der Waals surface area contributed by atoms with Gasteiger partial charge in [-0.25, -0.2) is 0 Å². The van der Waals surface area contributed by atoms with Crippen molar-refractivity contribution in [2.45, 2.75) is 63.2 Å². The van der Waals surface area contributed by atoms with Crippen LogP contribution in [0.3, 0.4) is 0 Å². The summed E-state index contributed by atoms with van der Waals surface area (Å²) in [5, 5.41) is 2.55. The largest absolute Gasteiger partial charge is 0.310 e. The first-order chi connectivity index (χ1) is 25.0. The first-order valence-electron chi connectivity index (χ1n) is 18.8. The van der Waals surface area contributed by atoms with Crippen molar-refractivity contribution in [1.29, 1.82) is 0 Å². The van der Waals surface area contributed by atoms with Crippen LogP contribution < -0.4 is 4.90 Å². The van der Waals surface area contributed by atoms with Crippen LogP contribution in [0.15, 0.2) is 164 Å². The van der Waals surface area contributed by atoms with Crippen LogP contribution in [0, 0.1) is 0 Å². The van der Waals surface area contributed by atoms with Gasteiger partial charge in [-0.05, 0) is 105 Å². The SMILES string of the molecule is CC1(C)c2ccccc2-c2ccc(N(c3ccc(-c4cccc5ccccc45)cc3)c3ccc(C4(c5ccccc5)CCCCCC4)cc3)cc21. The molecule has 1 heteroatoms. The maximum atomic E-state index is 2.46. The Hall–Kier alpha value is -5.40. The number of fused-ring (bicyclic) bond motifs is 4. The van der Waals surface area contributed by atoms with E-state index in [4.69, 9.17) is 0 Å². The minimum Gasteiger partial charge on any atom is -0.310 e. The van der Waals surface area contributed by atoms with Gasteiger partial charge in [-0.1, -0.05) is 167 Å². The van der Waals surface area contributed by atoms with Gasteiger partial charge in [0, 0.05) is 27.9 Å². The van der Waals surface area contributed by atoms with Crippen molar-refractivity contribution < 1.29 is 0 Å². The van der Waals surface area contributed by atoms with E-state index in [1.165, 1.54) is 105 Å². The lowest BCUT2D eigenvalue weighted by Gasteiger charge is -2.35. The van der Waals surface area contributed by atoms with E-state index in [0.29, 0.717) is 0 Å². The smallest absolute Gasteiger partial charge is 0.0465 e. The van der Waals surface area contributed by atoms with Crippen LogP contribution in [-0.4, -0.2) is 0 Å². The van der Waals surface area contributed by atoms with Crippen molar-refractivity contribution >= 4 is 27.8 Å². The minimum absolute atomic E-state index is 0.0601.